The number of nitrogens with one attached hydrogen (secondary N) is 1. The van der Waals surface area contributed by atoms with Gasteiger partial charge in [0.25, 0.3) is 5.91 Å². The number of carbonyl (C=O) groups excluding carboxylic acids is 1. The SMILES string of the molecule is Cn1ncc(C(=O)NCC(C)(C)CO)c1N. The maximum Gasteiger partial charge on any atom is 0.256 e. The predicted molar refractivity (Wildman–Crippen MR) is 60.8 cm³/mol. The van der Waals surface area contributed by atoms with Gasteiger partial charge in [-0.3, -0.25) is 9.48 Å². The van der Waals surface area contributed by atoms with E-state index < -0.39 is 0 Å². The fraction of sp³-hybridized carbons (Fsp3) is 0.600. The fourth-order valence-electron chi connectivity index (χ4n) is 1.09. The standard InChI is InChI=1S/C10H18N4O2/c1-10(2,6-15)5-12-9(16)7-4-13-14(3)8(7)11/h4,15H,5-6,11H2,1-3H3,(H,12,16). The number of amides is 1. The van der Waals surface area contributed by atoms with E-state index in [2.05, 4.69) is 10.4 Å². The van der Waals surface area contributed by atoms with Crippen molar-refractivity contribution in [1.29, 1.82) is 0 Å². The van der Waals surface area contributed by atoms with E-state index in [1.807, 2.05) is 13.8 Å². The van der Waals surface area contributed by atoms with Gasteiger partial charge in [-0.2, -0.15) is 5.10 Å². The summed E-state index contributed by atoms with van der Waals surface area (Å²) in [5, 5.41) is 15.6. The highest BCUT2D eigenvalue weighted by Crippen LogP contribution is 2.13. The van der Waals surface area contributed by atoms with Gasteiger partial charge in [-0.05, 0) is 0 Å². The summed E-state index contributed by atoms with van der Waals surface area (Å²) in [6, 6.07) is 0. The minimum Gasteiger partial charge on any atom is -0.396 e. The van der Waals surface area contributed by atoms with E-state index in [4.69, 9.17) is 10.8 Å². The molecule has 1 rings (SSSR count). The highest BCUT2D eigenvalue weighted by molar-refractivity contribution is 5.98. The van der Waals surface area contributed by atoms with Gasteiger partial charge in [-0.25, -0.2) is 0 Å². The number of aliphatic hydroxyl groups excluding tert-OH is 1. The van der Waals surface area contributed by atoms with Gasteiger partial charge in [0, 0.05) is 25.6 Å². The molecule has 0 aromatic carbocycles. The molecular formula is C10H18N4O2. The molecule has 0 radical (unpaired) electrons. The smallest absolute Gasteiger partial charge is 0.256 e. The van der Waals surface area contributed by atoms with Crippen molar-refractivity contribution in [3.63, 3.8) is 0 Å². The van der Waals surface area contributed by atoms with Crippen LogP contribution in [-0.2, 0) is 7.05 Å². The van der Waals surface area contributed by atoms with Crippen molar-refractivity contribution < 1.29 is 9.90 Å². The second kappa shape index (κ2) is 4.52. The largest absolute Gasteiger partial charge is 0.396 e. The molecule has 0 bridgehead atoms. The Morgan fingerprint density at radius 1 is 1.69 bits per heavy atom. The molecule has 0 spiro atoms. The second-order valence-electron chi connectivity index (χ2n) is 4.57. The molecule has 4 N–H and O–H groups in total. The summed E-state index contributed by atoms with van der Waals surface area (Å²) in [4.78, 5) is 11.7. The summed E-state index contributed by atoms with van der Waals surface area (Å²) in [5.41, 5.74) is 5.68. The Morgan fingerprint density at radius 2 is 2.31 bits per heavy atom. The molecule has 0 fully saturated rings. The first-order chi connectivity index (χ1) is 7.37. The predicted octanol–water partition coefficient (Wildman–Crippen LogP) is -0.249. The van der Waals surface area contributed by atoms with Gasteiger partial charge < -0.3 is 16.2 Å². The van der Waals surface area contributed by atoms with E-state index in [0.29, 0.717) is 17.9 Å². The molecule has 0 aliphatic carbocycles. The summed E-state index contributed by atoms with van der Waals surface area (Å²) in [5.74, 6) is 0.0615. The lowest BCUT2D eigenvalue weighted by molar-refractivity contribution is 0.0912. The van der Waals surface area contributed by atoms with Gasteiger partial charge in [0.05, 0.1) is 6.20 Å². The Balaban J connectivity index is 2.64. The van der Waals surface area contributed by atoms with Gasteiger partial charge in [0.15, 0.2) is 0 Å². The fourth-order valence-corrected chi connectivity index (χ4v) is 1.09. The monoisotopic (exact) mass is 226 g/mol. The van der Waals surface area contributed by atoms with Crippen molar-refractivity contribution in [2.75, 3.05) is 18.9 Å². The Kier molecular flexibility index (Phi) is 3.54. The van der Waals surface area contributed by atoms with Crippen molar-refractivity contribution in [3.05, 3.63) is 11.8 Å². The molecule has 0 atom stereocenters. The maximum absolute atomic E-state index is 11.7. The van der Waals surface area contributed by atoms with Crippen LogP contribution >= 0.6 is 0 Å². The van der Waals surface area contributed by atoms with E-state index >= 15 is 0 Å². The topological polar surface area (TPSA) is 93.2 Å². The number of nitrogen functional groups attached to an aromatic ring is 1. The van der Waals surface area contributed by atoms with E-state index in [1.54, 1.807) is 7.05 Å². The van der Waals surface area contributed by atoms with Gasteiger partial charge in [0.2, 0.25) is 0 Å². The molecule has 1 aromatic heterocycles. The van der Waals surface area contributed by atoms with E-state index in [-0.39, 0.29) is 17.9 Å². The number of hydrogen-bond acceptors (Lipinski definition) is 4. The molecule has 0 aliphatic rings. The van der Waals surface area contributed by atoms with Crippen molar-refractivity contribution in [2.24, 2.45) is 12.5 Å². The van der Waals surface area contributed by atoms with Gasteiger partial charge in [-0.15, -0.1) is 0 Å². The Bertz CT molecular complexity index is 384. The highest BCUT2D eigenvalue weighted by Gasteiger charge is 2.19. The van der Waals surface area contributed by atoms with Crippen molar-refractivity contribution >= 4 is 11.7 Å². The van der Waals surface area contributed by atoms with Crippen LogP contribution < -0.4 is 11.1 Å². The summed E-state index contributed by atoms with van der Waals surface area (Å²) >= 11 is 0. The van der Waals surface area contributed by atoms with Crippen molar-refractivity contribution in [1.82, 2.24) is 15.1 Å². The van der Waals surface area contributed by atoms with Crippen LogP contribution in [0.5, 0.6) is 0 Å². The third-order valence-electron chi connectivity index (χ3n) is 2.38. The average Bonchev–Trinajstić information content (AvgIpc) is 2.57. The number of nitrogens with zero attached hydrogens (tertiary/aromatic N) is 2. The number of rotatable bonds is 4. The van der Waals surface area contributed by atoms with E-state index in [9.17, 15) is 4.79 Å². The minimum absolute atomic E-state index is 0.00972. The molecular weight excluding hydrogens is 208 g/mol. The number of nitrogens with two attached hydrogens (primary N) is 1. The number of hydrogen-bond donors (Lipinski definition) is 3. The first kappa shape index (κ1) is 12.5. The number of carbonyl (C=O) groups is 1. The zero-order chi connectivity index (χ0) is 12.3. The lowest BCUT2D eigenvalue weighted by Gasteiger charge is -2.21. The maximum atomic E-state index is 11.7. The Hall–Kier alpha value is -1.56. The van der Waals surface area contributed by atoms with Crippen LogP contribution in [0.15, 0.2) is 6.20 Å². The molecule has 0 saturated carbocycles. The summed E-state index contributed by atoms with van der Waals surface area (Å²) in [6.45, 7) is 4.12. The molecule has 1 amide bonds. The van der Waals surface area contributed by atoms with Crippen LogP contribution in [0, 0.1) is 5.41 Å². The minimum atomic E-state index is -0.341. The van der Waals surface area contributed by atoms with Crippen LogP contribution in [0.1, 0.15) is 24.2 Å². The summed E-state index contributed by atoms with van der Waals surface area (Å²) < 4.78 is 1.44. The summed E-state index contributed by atoms with van der Waals surface area (Å²) in [7, 11) is 1.67. The molecule has 1 aromatic rings. The third-order valence-corrected chi connectivity index (χ3v) is 2.38. The van der Waals surface area contributed by atoms with Gasteiger partial charge >= 0.3 is 0 Å². The summed E-state index contributed by atoms with van der Waals surface area (Å²) in [6.07, 6.45) is 1.43. The first-order valence-corrected chi connectivity index (χ1v) is 5.04. The number of aliphatic hydroxyl groups is 1. The quantitative estimate of drug-likeness (QED) is 0.660. The molecule has 1 heterocycles. The highest BCUT2D eigenvalue weighted by atomic mass is 16.3. The molecule has 0 aliphatic heterocycles. The van der Waals surface area contributed by atoms with E-state index in [1.165, 1.54) is 10.9 Å². The molecule has 6 nitrogen and oxygen atoms in total. The molecule has 0 saturated heterocycles. The number of anilines is 1. The van der Waals surface area contributed by atoms with Gasteiger partial charge in [0.1, 0.15) is 11.4 Å². The van der Waals surface area contributed by atoms with Crippen LogP contribution in [-0.4, -0.2) is 33.9 Å². The molecule has 16 heavy (non-hydrogen) atoms. The zero-order valence-corrected chi connectivity index (χ0v) is 9.82. The normalized spacial score (nSPS) is 11.5. The molecule has 0 unspecified atom stereocenters. The number of aromatic nitrogens is 2. The van der Waals surface area contributed by atoms with Crippen LogP contribution in [0.25, 0.3) is 0 Å². The second-order valence-corrected chi connectivity index (χ2v) is 4.57. The van der Waals surface area contributed by atoms with Crippen LogP contribution in [0.3, 0.4) is 0 Å². The van der Waals surface area contributed by atoms with Crippen LogP contribution in [0.4, 0.5) is 5.82 Å². The van der Waals surface area contributed by atoms with Gasteiger partial charge in [-0.1, -0.05) is 13.8 Å². The Labute approximate surface area is 94.4 Å². The third kappa shape index (κ3) is 2.73. The molecule has 90 valence electrons. The van der Waals surface area contributed by atoms with E-state index in [0.717, 1.165) is 0 Å². The average molecular weight is 226 g/mol. The first-order valence-electron chi connectivity index (χ1n) is 5.04. The van der Waals surface area contributed by atoms with Crippen LogP contribution in [0.2, 0.25) is 0 Å². The van der Waals surface area contributed by atoms with Crippen molar-refractivity contribution in [3.8, 4) is 0 Å². The Morgan fingerprint density at radius 3 is 2.75 bits per heavy atom. The zero-order valence-electron chi connectivity index (χ0n) is 9.82. The number of aryl methyl sites for hydroxylation is 1. The lowest BCUT2D eigenvalue weighted by atomic mass is 9.95. The lowest BCUT2D eigenvalue weighted by Crippen LogP contribution is -2.36. The molecule has 6 heteroatoms. The van der Waals surface area contributed by atoms with Crippen molar-refractivity contribution in [2.45, 2.75) is 13.8 Å².